The number of hydrogen-bond donors (Lipinski definition) is 3. The Balaban J connectivity index is 2.97. The quantitative estimate of drug-likeness (QED) is 0.445. The number of H-pyrrole nitrogens is 2. The molecule has 0 saturated carbocycles. The Bertz CT molecular complexity index is 627. The largest absolute Gasteiger partial charge is 0.494 e. The molecule has 0 unspecified atom stereocenters. The van der Waals surface area contributed by atoms with Crippen LogP contribution < -0.4 is 21.6 Å². The maximum atomic E-state index is 11.1. The fourth-order valence-electron chi connectivity index (χ4n) is 1.37. The first-order valence-electron chi connectivity index (χ1n) is 4.21. The molecule has 0 bridgehead atoms. The molecule has 1 aromatic heterocycles. The summed E-state index contributed by atoms with van der Waals surface area (Å²) in [6.07, 6.45) is 0. The van der Waals surface area contributed by atoms with Gasteiger partial charge in [0.25, 0.3) is 0 Å². The number of benzene rings is 1. The van der Waals surface area contributed by atoms with Crippen LogP contribution in [0.4, 0.5) is 5.69 Å². The summed E-state index contributed by atoms with van der Waals surface area (Å²) in [5.74, 6) is 0.415. The van der Waals surface area contributed by atoms with Crippen molar-refractivity contribution in [1.29, 1.82) is 0 Å². The summed E-state index contributed by atoms with van der Waals surface area (Å²) in [5, 5.41) is 0. The number of hydrogen-bond acceptors (Lipinski definition) is 4. The van der Waals surface area contributed by atoms with Crippen LogP contribution in [0.15, 0.2) is 21.7 Å². The second kappa shape index (κ2) is 3.16. The average molecular weight is 207 g/mol. The molecule has 6 nitrogen and oxygen atoms in total. The minimum absolute atomic E-state index is 0.415. The first-order chi connectivity index (χ1) is 7.11. The number of rotatable bonds is 1. The van der Waals surface area contributed by atoms with Crippen LogP contribution in [-0.4, -0.2) is 17.1 Å². The van der Waals surface area contributed by atoms with Crippen molar-refractivity contribution in [1.82, 2.24) is 9.97 Å². The highest BCUT2D eigenvalue weighted by atomic mass is 16.5. The number of nitrogen functional groups attached to an aromatic ring is 1. The van der Waals surface area contributed by atoms with E-state index in [4.69, 9.17) is 10.5 Å². The second-order valence-corrected chi connectivity index (χ2v) is 3.05. The molecule has 0 radical (unpaired) electrons. The predicted molar refractivity (Wildman–Crippen MR) is 56.2 cm³/mol. The zero-order valence-corrected chi connectivity index (χ0v) is 7.96. The second-order valence-electron chi connectivity index (χ2n) is 3.05. The summed E-state index contributed by atoms with van der Waals surface area (Å²) in [5.41, 5.74) is 5.48. The normalized spacial score (nSPS) is 10.5. The first kappa shape index (κ1) is 9.32. The lowest BCUT2D eigenvalue weighted by molar-refractivity contribution is 0.419. The van der Waals surface area contributed by atoms with E-state index >= 15 is 0 Å². The van der Waals surface area contributed by atoms with Crippen molar-refractivity contribution < 1.29 is 4.74 Å². The van der Waals surface area contributed by atoms with E-state index in [1.54, 1.807) is 12.1 Å². The van der Waals surface area contributed by atoms with Gasteiger partial charge < -0.3 is 20.4 Å². The Labute approximate surface area is 83.7 Å². The molecule has 0 aliphatic rings. The summed E-state index contributed by atoms with van der Waals surface area (Å²) in [6.45, 7) is 0. The molecule has 0 fully saturated rings. The number of anilines is 1. The SMILES string of the molecule is COc1cc(N)cc2[nH]c(=O)c(=O)[nH]c12. The van der Waals surface area contributed by atoms with E-state index in [1.165, 1.54) is 7.11 Å². The highest BCUT2D eigenvalue weighted by Crippen LogP contribution is 2.23. The molecule has 4 N–H and O–H groups in total. The summed E-state index contributed by atoms with van der Waals surface area (Å²) in [6, 6.07) is 3.12. The van der Waals surface area contributed by atoms with Crippen LogP contribution >= 0.6 is 0 Å². The highest BCUT2D eigenvalue weighted by Gasteiger charge is 2.06. The van der Waals surface area contributed by atoms with E-state index in [-0.39, 0.29) is 0 Å². The number of aromatic nitrogens is 2. The van der Waals surface area contributed by atoms with Crippen LogP contribution in [-0.2, 0) is 0 Å². The van der Waals surface area contributed by atoms with Gasteiger partial charge in [0.05, 0.1) is 12.6 Å². The van der Waals surface area contributed by atoms with Crippen molar-refractivity contribution in [2.75, 3.05) is 12.8 Å². The number of ether oxygens (including phenoxy) is 1. The van der Waals surface area contributed by atoms with Crippen molar-refractivity contribution in [3.63, 3.8) is 0 Å². The van der Waals surface area contributed by atoms with E-state index in [0.717, 1.165) is 0 Å². The molecule has 78 valence electrons. The monoisotopic (exact) mass is 207 g/mol. The zero-order valence-electron chi connectivity index (χ0n) is 7.96. The van der Waals surface area contributed by atoms with Crippen molar-refractivity contribution in [3.8, 4) is 5.75 Å². The third-order valence-corrected chi connectivity index (χ3v) is 2.04. The topological polar surface area (TPSA) is 101 Å². The van der Waals surface area contributed by atoms with E-state index in [1.807, 2.05) is 0 Å². The maximum Gasteiger partial charge on any atom is 0.314 e. The summed E-state index contributed by atoms with van der Waals surface area (Å²) in [4.78, 5) is 27.0. The van der Waals surface area contributed by atoms with Gasteiger partial charge in [0, 0.05) is 11.8 Å². The summed E-state index contributed by atoms with van der Waals surface area (Å²) >= 11 is 0. The summed E-state index contributed by atoms with van der Waals surface area (Å²) < 4.78 is 5.03. The van der Waals surface area contributed by atoms with E-state index in [9.17, 15) is 9.59 Å². The molecule has 1 aromatic carbocycles. The van der Waals surface area contributed by atoms with Crippen molar-refractivity contribution in [2.24, 2.45) is 0 Å². The van der Waals surface area contributed by atoms with E-state index < -0.39 is 11.1 Å². The van der Waals surface area contributed by atoms with Crippen LogP contribution in [0.1, 0.15) is 0 Å². The van der Waals surface area contributed by atoms with Crippen LogP contribution in [0.2, 0.25) is 0 Å². The fraction of sp³-hybridized carbons (Fsp3) is 0.111. The van der Waals surface area contributed by atoms with Crippen LogP contribution in [0.25, 0.3) is 11.0 Å². The van der Waals surface area contributed by atoms with Gasteiger partial charge in [0.15, 0.2) is 0 Å². The lowest BCUT2D eigenvalue weighted by Crippen LogP contribution is -2.29. The zero-order chi connectivity index (χ0) is 11.0. The molecule has 0 amide bonds. The Morgan fingerprint density at radius 1 is 1.20 bits per heavy atom. The average Bonchev–Trinajstić information content (AvgIpc) is 2.19. The predicted octanol–water partition coefficient (Wildman–Crippen LogP) is -0.193. The number of fused-ring (bicyclic) bond motifs is 1. The van der Waals surface area contributed by atoms with Crippen LogP contribution in [0.3, 0.4) is 0 Å². The van der Waals surface area contributed by atoms with Gasteiger partial charge in [-0.25, -0.2) is 0 Å². The molecule has 6 heteroatoms. The number of nitrogens with two attached hydrogens (primary N) is 1. The molecular weight excluding hydrogens is 198 g/mol. The molecule has 0 spiro atoms. The van der Waals surface area contributed by atoms with Gasteiger partial charge in [-0.1, -0.05) is 0 Å². The lowest BCUT2D eigenvalue weighted by Gasteiger charge is -2.05. The van der Waals surface area contributed by atoms with Gasteiger partial charge in [-0.3, -0.25) is 9.59 Å². The van der Waals surface area contributed by atoms with Crippen LogP contribution in [0, 0.1) is 0 Å². The first-order valence-corrected chi connectivity index (χ1v) is 4.21. The molecule has 0 aliphatic heterocycles. The Hall–Kier alpha value is -2.24. The minimum Gasteiger partial charge on any atom is -0.494 e. The number of aromatic amines is 2. The third kappa shape index (κ3) is 1.45. The molecule has 0 aliphatic carbocycles. The Kier molecular flexibility index (Phi) is 1.96. The Morgan fingerprint density at radius 3 is 2.53 bits per heavy atom. The molecule has 0 atom stereocenters. The van der Waals surface area contributed by atoms with Crippen molar-refractivity contribution >= 4 is 16.7 Å². The van der Waals surface area contributed by atoms with Gasteiger partial charge >= 0.3 is 11.1 Å². The van der Waals surface area contributed by atoms with Crippen molar-refractivity contribution in [3.05, 3.63) is 32.8 Å². The fourth-order valence-corrected chi connectivity index (χ4v) is 1.37. The van der Waals surface area contributed by atoms with Crippen molar-refractivity contribution in [2.45, 2.75) is 0 Å². The smallest absolute Gasteiger partial charge is 0.314 e. The number of nitrogens with one attached hydrogen (secondary N) is 2. The third-order valence-electron chi connectivity index (χ3n) is 2.04. The minimum atomic E-state index is -0.717. The van der Waals surface area contributed by atoms with Gasteiger partial charge in [0.1, 0.15) is 11.3 Å². The van der Waals surface area contributed by atoms with Gasteiger partial charge in [0.2, 0.25) is 0 Å². The van der Waals surface area contributed by atoms with Gasteiger partial charge in [-0.05, 0) is 6.07 Å². The Morgan fingerprint density at radius 2 is 1.87 bits per heavy atom. The van der Waals surface area contributed by atoms with Gasteiger partial charge in [-0.15, -0.1) is 0 Å². The standard InChI is InChI=1S/C9H9N3O3/c1-15-6-3-4(10)2-5-7(6)12-9(14)8(13)11-5/h2-3H,10H2,1H3,(H,11,13)(H,12,14). The molecule has 1 heterocycles. The molecule has 2 aromatic rings. The molecule has 15 heavy (non-hydrogen) atoms. The summed E-state index contributed by atoms with van der Waals surface area (Å²) in [7, 11) is 1.46. The van der Waals surface area contributed by atoms with Crippen LogP contribution in [0.5, 0.6) is 5.75 Å². The maximum absolute atomic E-state index is 11.1. The van der Waals surface area contributed by atoms with E-state index in [0.29, 0.717) is 22.5 Å². The highest BCUT2D eigenvalue weighted by molar-refractivity contribution is 5.84. The molecular formula is C9H9N3O3. The van der Waals surface area contributed by atoms with Gasteiger partial charge in [-0.2, -0.15) is 0 Å². The number of methoxy groups -OCH3 is 1. The molecule has 2 rings (SSSR count). The lowest BCUT2D eigenvalue weighted by atomic mass is 10.2. The molecule has 0 saturated heterocycles. The van der Waals surface area contributed by atoms with E-state index in [2.05, 4.69) is 9.97 Å².